The second kappa shape index (κ2) is 6.91. The molecule has 21 heavy (non-hydrogen) atoms. The van der Waals surface area contributed by atoms with Gasteiger partial charge < -0.3 is 14.7 Å². The van der Waals surface area contributed by atoms with Crippen molar-refractivity contribution in [3.63, 3.8) is 0 Å². The summed E-state index contributed by atoms with van der Waals surface area (Å²) in [4.78, 5) is 25.3. The van der Waals surface area contributed by atoms with Crippen molar-refractivity contribution in [3.8, 4) is 0 Å². The van der Waals surface area contributed by atoms with E-state index in [1.165, 1.54) is 0 Å². The quantitative estimate of drug-likeness (QED) is 0.906. The number of likely N-dealkylation sites (tertiary alicyclic amines) is 1. The van der Waals surface area contributed by atoms with Gasteiger partial charge in [0, 0.05) is 25.1 Å². The molecule has 1 aliphatic heterocycles. The number of piperidine rings is 1. The van der Waals surface area contributed by atoms with Gasteiger partial charge >= 0.3 is 5.97 Å². The maximum Gasteiger partial charge on any atom is 0.308 e. The van der Waals surface area contributed by atoms with Gasteiger partial charge in [0.25, 0.3) is 0 Å². The van der Waals surface area contributed by atoms with E-state index in [0.717, 1.165) is 0 Å². The van der Waals surface area contributed by atoms with Crippen LogP contribution in [0.15, 0.2) is 24.3 Å². The summed E-state index contributed by atoms with van der Waals surface area (Å²) in [5, 5.41) is 9.96. The molecule has 0 aromatic heterocycles. The van der Waals surface area contributed by atoms with E-state index in [1.807, 2.05) is 0 Å². The Labute approximate surface area is 128 Å². The summed E-state index contributed by atoms with van der Waals surface area (Å²) in [6.07, 6.45) is 0.565. The van der Waals surface area contributed by atoms with E-state index < -0.39 is 17.9 Å². The van der Waals surface area contributed by atoms with E-state index in [9.17, 15) is 14.7 Å². The highest BCUT2D eigenvalue weighted by Crippen LogP contribution is 2.39. The molecule has 2 unspecified atom stereocenters. The van der Waals surface area contributed by atoms with E-state index in [4.69, 9.17) is 16.3 Å². The number of halogens is 1. The first-order chi connectivity index (χ1) is 10.1. The number of aliphatic carboxylic acids is 1. The predicted molar refractivity (Wildman–Crippen MR) is 78.1 cm³/mol. The summed E-state index contributed by atoms with van der Waals surface area (Å²) >= 11 is 6.21. The number of carbonyl (C=O) groups excluding carboxylic acids is 1. The van der Waals surface area contributed by atoms with Gasteiger partial charge in [-0.2, -0.15) is 0 Å². The molecule has 0 saturated carbocycles. The van der Waals surface area contributed by atoms with Gasteiger partial charge in [-0.15, -0.1) is 0 Å². The second-order valence-electron chi connectivity index (χ2n) is 5.03. The van der Waals surface area contributed by atoms with Crippen LogP contribution in [0.4, 0.5) is 0 Å². The summed E-state index contributed by atoms with van der Waals surface area (Å²) in [5.74, 6) is -1.62. The van der Waals surface area contributed by atoms with Crippen LogP contribution < -0.4 is 0 Å². The molecular weight excluding hydrogens is 294 g/mol. The molecule has 114 valence electrons. The molecule has 1 aromatic rings. The SMILES string of the molecule is COCCN1C(=O)CCC(C(=O)O)C1c1ccccc1Cl. The van der Waals surface area contributed by atoms with E-state index in [0.29, 0.717) is 30.2 Å². The fourth-order valence-corrected chi connectivity index (χ4v) is 3.01. The van der Waals surface area contributed by atoms with E-state index in [-0.39, 0.29) is 12.3 Å². The summed E-state index contributed by atoms with van der Waals surface area (Å²) in [5.41, 5.74) is 0.677. The van der Waals surface area contributed by atoms with Crippen LogP contribution in [0.2, 0.25) is 5.02 Å². The molecule has 1 N–H and O–H groups in total. The number of carboxylic acid groups (broad SMARTS) is 1. The number of ether oxygens (including phenoxy) is 1. The molecule has 0 aliphatic carbocycles. The molecule has 0 spiro atoms. The topological polar surface area (TPSA) is 66.8 Å². The van der Waals surface area contributed by atoms with Crippen LogP contribution in [0.5, 0.6) is 0 Å². The van der Waals surface area contributed by atoms with Crippen LogP contribution in [0, 0.1) is 5.92 Å². The molecule has 2 atom stereocenters. The normalized spacial score (nSPS) is 22.4. The fraction of sp³-hybridized carbons (Fsp3) is 0.467. The number of amides is 1. The van der Waals surface area contributed by atoms with Gasteiger partial charge in [-0.3, -0.25) is 9.59 Å². The first-order valence-corrected chi connectivity index (χ1v) is 7.19. The molecule has 1 aromatic carbocycles. The number of hydrogen-bond donors (Lipinski definition) is 1. The molecule has 1 fully saturated rings. The summed E-state index contributed by atoms with van der Waals surface area (Å²) in [7, 11) is 1.55. The second-order valence-corrected chi connectivity index (χ2v) is 5.44. The molecule has 2 rings (SSSR count). The van der Waals surface area contributed by atoms with Gasteiger partial charge in [-0.25, -0.2) is 0 Å². The minimum absolute atomic E-state index is 0.0607. The van der Waals surface area contributed by atoms with Crippen LogP contribution in [-0.2, 0) is 14.3 Å². The zero-order chi connectivity index (χ0) is 15.4. The molecule has 6 heteroatoms. The van der Waals surface area contributed by atoms with Gasteiger partial charge in [-0.05, 0) is 18.1 Å². The Morgan fingerprint density at radius 3 is 2.81 bits per heavy atom. The lowest BCUT2D eigenvalue weighted by molar-refractivity contribution is -0.152. The number of hydrogen-bond acceptors (Lipinski definition) is 3. The number of carbonyl (C=O) groups is 2. The summed E-state index contributed by atoms with van der Waals surface area (Å²) < 4.78 is 5.03. The summed E-state index contributed by atoms with van der Waals surface area (Å²) in [6, 6.07) is 6.53. The number of rotatable bonds is 5. The third-order valence-corrected chi connectivity index (χ3v) is 4.13. The first kappa shape index (κ1) is 15.8. The van der Waals surface area contributed by atoms with Crippen LogP contribution in [0.25, 0.3) is 0 Å². The number of carboxylic acids is 1. The molecule has 1 saturated heterocycles. The average Bonchev–Trinajstić information content (AvgIpc) is 2.46. The third kappa shape index (κ3) is 3.36. The average molecular weight is 312 g/mol. The first-order valence-electron chi connectivity index (χ1n) is 6.82. The van der Waals surface area contributed by atoms with Gasteiger partial charge in [0.1, 0.15) is 0 Å². The smallest absolute Gasteiger partial charge is 0.308 e. The molecular formula is C15H18ClNO4. The minimum Gasteiger partial charge on any atom is -0.481 e. The largest absolute Gasteiger partial charge is 0.481 e. The van der Waals surface area contributed by atoms with E-state index in [1.54, 1.807) is 36.3 Å². The lowest BCUT2D eigenvalue weighted by Crippen LogP contribution is -2.46. The van der Waals surface area contributed by atoms with Crippen molar-refractivity contribution >= 4 is 23.5 Å². The van der Waals surface area contributed by atoms with Crippen molar-refractivity contribution in [2.45, 2.75) is 18.9 Å². The van der Waals surface area contributed by atoms with Crippen molar-refractivity contribution in [3.05, 3.63) is 34.9 Å². The Morgan fingerprint density at radius 2 is 2.19 bits per heavy atom. The Kier molecular flexibility index (Phi) is 5.20. The highest BCUT2D eigenvalue weighted by molar-refractivity contribution is 6.31. The highest BCUT2D eigenvalue weighted by atomic mass is 35.5. The summed E-state index contributed by atoms with van der Waals surface area (Å²) in [6.45, 7) is 0.716. The van der Waals surface area contributed by atoms with Crippen molar-refractivity contribution in [2.75, 3.05) is 20.3 Å². The van der Waals surface area contributed by atoms with Gasteiger partial charge in [0.05, 0.1) is 18.6 Å². The molecule has 0 bridgehead atoms. The zero-order valence-corrected chi connectivity index (χ0v) is 12.5. The van der Waals surface area contributed by atoms with Gasteiger partial charge in [-0.1, -0.05) is 29.8 Å². The Balaban J connectivity index is 2.41. The molecule has 0 radical (unpaired) electrons. The van der Waals surface area contributed by atoms with Gasteiger partial charge in [0.2, 0.25) is 5.91 Å². The minimum atomic E-state index is -0.908. The molecule has 1 amide bonds. The van der Waals surface area contributed by atoms with Crippen LogP contribution in [0.1, 0.15) is 24.4 Å². The lowest BCUT2D eigenvalue weighted by Gasteiger charge is -2.40. The monoisotopic (exact) mass is 311 g/mol. The van der Waals surface area contributed by atoms with Crippen molar-refractivity contribution < 1.29 is 19.4 Å². The molecule has 1 aliphatic rings. The predicted octanol–water partition coefficient (Wildman–Crippen LogP) is 2.35. The maximum absolute atomic E-state index is 12.2. The zero-order valence-electron chi connectivity index (χ0n) is 11.8. The van der Waals surface area contributed by atoms with Crippen LogP contribution in [-0.4, -0.2) is 42.1 Å². The van der Waals surface area contributed by atoms with Crippen molar-refractivity contribution in [2.24, 2.45) is 5.92 Å². The molecule has 5 nitrogen and oxygen atoms in total. The van der Waals surface area contributed by atoms with E-state index >= 15 is 0 Å². The third-order valence-electron chi connectivity index (χ3n) is 3.78. The van der Waals surface area contributed by atoms with Crippen LogP contribution in [0.3, 0.4) is 0 Å². The fourth-order valence-electron chi connectivity index (χ4n) is 2.76. The maximum atomic E-state index is 12.2. The Morgan fingerprint density at radius 1 is 1.48 bits per heavy atom. The van der Waals surface area contributed by atoms with Gasteiger partial charge in [0.15, 0.2) is 0 Å². The number of methoxy groups -OCH3 is 1. The number of nitrogens with zero attached hydrogens (tertiary/aromatic N) is 1. The van der Waals surface area contributed by atoms with Crippen LogP contribution >= 0.6 is 11.6 Å². The molecule has 1 heterocycles. The highest BCUT2D eigenvalue weighted by Gasteiger charge is 2.41. The Bertz CT molecular complexity index is 534. The van der Waals surface area contributed by atoms with E-state index in [2.05, 4.69) is 0 Å². The van der Waals surface area contributed by atoms with Crippen molar-refractivity contribution in [1.82, 2.24) is 4.90 Å². The lowest BCUT2D eigenvalue weighted by atomic mass is 9.84. The standard InChI is InChI=1S/C15H18ClNO4/c1-21-9-8-17-13(18)7-6-11(15(19)20)14(17)10-4-2-3-5-12(10)16/h2-5,11,14H,6-9H2,1H3,(H,19,20). The van der Waals surface area contributed by atoms with Crippen molar-refractivity contribution in [1.29, 1.82) is 0 Å². The number of benzene rings is 1. The Hall–Kier alpha value is -1.59.